The third kappa shape index (κ3) is 4.32. The number of carbonyl (C=O) groups excluding carboxylic acids is 2. The largest absolute Gasteiger partial charge is 0.483 e. The van der Waals surface area contributed by atoms with E-state index < -0.39 is 17.9 Å². The SMILES string of the molecule is Cc1cccc(C)c1OCC(=O)NC(C(N)=O)c1ccccc1. The summed E-state index contributed by atoms with van der Waals surface area (Å²) in [6, 6.07) is 13.8. The first-order valence-corrected chi connectivity index (χ1v) is 7.31. The van der Waals surface area contributed by atoms with Crippen molar-refractivity contribution in [3.63, 3.8) is 0 Å². The van der Waals surface area contributed by atoms with E-state index in [1.165, 1.54) is 0 Å². The summed E-state index contributed by atoms with van der Waals surface area (Å²) in [4.78, 5) is 23.7. The van der Waals surface area contributed by atoms with Gasteiger partial charge in [0.25, 0.3) is 5.91 Å². The van der Waals surface area contributed by atoms with Crippen LogP contribution < -0.4 is 15.8 Å². The Bertz CT molecular complexity index is 678. The number of primary amides is 1. The van der Waals surface area contributed by atoms with Crippen LogP contribution in [0.4, 0.5) is 0 Å². The lowest BCUT2D eigenvalue weighted by atomic mass is 10.1. The van der Waals surface area contributed by atoms with Gasteiger partial charge in [0.2, 0.25) is 5.91 Å². The molecule has 0 aliphatic carbocycles. The van der Waals surface area contributed by atoms with Crippen LogP contribution >= 0.6 is 0 Å². The summed E-state index contributed by atoms with van der Waals surface area (Å²) in [7, 11) is 0. The molecule has 23 heavy (non-hydrogen) atoms. The van der Waals surface area contributed by atoms with Crippen LogP contribution in [0.1, 0.15) is 22.7 Å². The zero-order valence-electron chi connectivity index (χ0n) is 13.2. The van der Waals surface area contributed by atoms with Gasteiger partial charge in [-0.15, -0.1) is 0 Å². The second-order valence-corrected chi connectivity index (χ2v) is 5.32. The first-order valence-electron chi connectivity index (χ1n) is 7.31. The van der Waals surface area contributed by atoms with Crippen LogP contribution in [0.3, 0.4) is 0 Å². The normalized spacial score (nSPS) is 11.6. The van der Waals surface area contributed by atoms with Crippen LogP contribution in [-0.2, 0) is 9.59 Å². The predicted octanol–water partition coefficient (Wildman–Crippen LogP) is 2.03. The second-order valence-electron chi connectivity index (χ2n) is 5.32. The van der Waals surface area contributed by atoms with Crippen LogP contribution in [0.15, 0.2) is 48.5 Å². The highest BCUT2D eigenvalue weighted by Gasteiger charge is 2.20. The van der Waals surface area contributed by atoms with E-state index in [0.717, 1.165) is 11.1 Å². The molecule has 0 spiro atoms. The number of carbonyl (C=O) groups is 2. The Labute approximate surface area is 135 Å². The lowest BCUT2D eigenvalue weighted by Gasteiger charge is -2.17. The molecule has 0 fully saturated rings. The lowest BCUT2D eigenvalue weighted by molar-refractivity contribution is -0.128. The molecule has 0 bridgehead atoms. The monoisotopic (exact) mass is 312 g/mol. The molecule has 5 nitrogen and oxygen atoms in total. The van der Waals surface area contributed by atoms with E-state index in [1.807, 2.05) is 38.1 Å². The Hall–Kier alpha value is -2.82. The maximum absolute atomic E-state index is 12.1. The van der Waals surface area contributed by atoms with Gasteiger partial charge in [-0.3, -0.25) is 9.59 Å². The number of para-hydroxylation sites is 1. The van der Waals surface area contributed by atoms with E-state index in [0.29, 0.717) is 11.3 Å². The lowest BCUT2D eigenvalue weighted by Crippen LogP contribution is -2.39. The van der Waals surface area contributed by atoms with E-state index >= 15 is 0 Å². The molecule has 0 saturated carbocycles. The van der Waals surface area contributed by atoms with Gasteiger partial charge in [-0.2, -0.15) is 0 Å². The zero-order valence-corrected chi connectivity index (χ0v) is 13.2. The van der Waals surface area contributed by atoms with E-state index in [1.54, 1.807) is 24.3 Å². The fourth-order valence-corrected chi connectivity index (χ4v) is 2.33. The number of ether oxygens (including phenoxy) is 1. The van der Waals surface area contributed by atoms with Gasteiger partial charge >= 0.3 is 0 Å². The summed E-state index contributed by atoms with van der Waals surface area (Å²) in [5.74, 6) is -0.338. The van der Waals surface area contributed by atoms with Crippen molar-refractivity contribution >= 4 is 11.8 Å². The Balaban J connectivity index is 2.02. The molecule has 0 heterocycles. The van der Waals surface area contributed by atoms with Gasteiger partial charge in [-0.05, 0) is 30.5 Å². The maximum atomic E-state index is 12.1. The minimum atomic E-state index is -0.870. The molecular formula is C18H20N2O3. The minimum Gasteiger partial charge on any atom is -0.483 e. The first-order chi connectivity index (χ1) is 11.0. The highest BCUT2D eigenvalue weighted by Crippen LogP contribution is 2.22. The van der Waals surface area contributed by atoms with Crippen LogP contribution in [0, 0.1) is 13.8 Å². The van der Waals surface area contributed by atoms with Crippen molar-refractivity contribution in [1.29, 1.82) is 0 Å². The molecule has 2 rings (SSSR count). The topological polar surface area (TPSA) is 81.4 Å². The summed E-state index contributed by atoms with van der Waals surface area (Å²) >= 11 is 0. The van der Waals surface area contributed by atoms with E-state index in [2.05, 4.69) is 5.32 Å². The van der Waals surface area contributed by atoms with Crippen molar-refractivity contribution in [3.05, 3.63) is 65.2 Å². The Morgan fingerprint density at radius 1 is 1.04 bits per heavy atom. The molecular weight excluding hydrogens is 292 g/mol. The average molecular weight is 312 g/mol. The molecule has 0 aliphatic rings. The fourth-order valence-electron chi connectivity index (χ4n) is 2.33. The molecule has 5 heteroatoms. The standard InChI is InChI=1S/C18H20N2O3/c1-12-7-6-8-13(2)17(12)23-11-15(21)20-16(18(19)22)14-9-4-3-5-10-14/h3-10,16H,11H2,1-2H3,(H2,19,22)(H,20,21). The first kappa shape index (κ1) is 16.5. The molecule has 0 aromatic heterocycles. The molecule has 3 N–H and O–H groups in total. The number of nitrogens with two attached hydrogens (primary N) is 1. The molecule has 1 unspecified atom stereocenters. The highest BCUT2D eigenvalue weighted by atomic mass is 16.5. The summed E-state index contributed by atoms with van der Waals surface area (Å²) in [5.41, 5.74) is 7.92. The number of amides is 2. The van der Waals surface area contributed by atoms with Gasteiger partial charge in [-0.1, -0.05) is 48.5 Å². The van der Waals surface area contributed by atoms with E-state index in [-0.39, 0.29) is 6.61 Å². The van der Waals surface area contributed by atoms with Crippen molar-refractivity contribution in [2.75, 3.05) is 6.61 Å². The third-order valence-electron chi connectivity index (χ3n) is 3.48. The van der Waals surface area contributed by atoms with Crippen LogP contribution in [0.2, 0.25) is 0 Å². The van der Waals surface area contributed by atoms with Gasteiger partial charge in [-0.25, -0.2) is 0 Å². The molecule has 2 aromatic rings. The summed E-state index contributed by atoms with van der Waals surface area (Å²) in [6.07, 6.45) is 0. The molecule has 2 aromatic carbocycles. The van der Waals surface area contributed by atoms with Gasteiger partial charge in [0, 0.05) is 0 Å². The Morgan fingerprint density at radius 3 is 2.22 bits per heavy atom. The van der Waals surface area contributed by atoms with Crippen molar-refractivity contribution in [2.24, 2.45) is 5.73 Å². The van der Waals surface area contributed by atoms with Crippen molar-refractivity contribution in [2.45, 2.75) is 19.9 Å². The van der Waals surface area contributed by atoms with E-state index in [9.17, 15) is 9.59 Å². The quantitative estimate of drug-likeness (QED) is 0.856. The van der Waals surface area contributed by atoms with Crippen molar-refractivity contribution in [3.8, 4) is 5.75 Å². The fraction of sp³-hybridized carbons (Fsp3) is 0.222. The number of aryl methyl sites for hydroxylation is 2. The summed E-state index contributed by atoms with van der Waals surface area (Å²) in [5, 5.41) is 2.60. The number of rotatable bonds is 6. The summed E-state index contributed by atoms with van der Waals surface area (Å²) in [6.45, 7) is 3.65. The average Bonchev–Trinajstić information content (AvgIpc) is 2.52. The predicted molar refractivity (Wildman–Crippen MR) is 87.9 cm³/mol. The van der Waals surface area contributed by atoms with Crippen LogP contribution in [0.5, 0.6) is 5.75 Å². The van der Waals surface area contributed by atoms with Crippen molar-refractivity contribution < 1.29 is 14.3 Å². The Kier molecular flexibility index (Phi) is 5.36. The Morgan fingerprint density at radius 2 is 1.65 bits per heavy atom. The van der Waals surface area contributed by atoms with Crippen molar-refractivity contribution in [1.82, 2.24) is 5.32 Å². The molecule has 1 atom stereocenters. The number of benzene rings is 2. The summed E-state index contributed by atoms with van der Waals surface area (Å²) < 4.78 is 5.58. The van der Waals surface area contributed by atoms with Gasteiger partial charge < -0.3 is 15.8 Å². The highest BCUT2D eigenvalue weighted by molar-refractivity contribution is 5.88. The second kappa shape index (κ2) is 7.45. The molecule has 120 valence electrons. The van der Waals surface area contributed by atoms with E-state index in [4.69, 9.17) is 10.5 Å². The number of hydrogen-bond acceptors (Lipinski definition) is 3. The zero-order chi connectivity index (χ0) is 16.8. The number of nitrogens with one attached hydrogen (secondary N) is 1. The van der Waals surface area contributed by atoms with Gasteiger partial charge in [0.15, 0.2) is 6.61 Å². The van der Waals surface area contributed by atoms with Gasteiger partial charge in [0.1, 0.15) is 11.8 Å². The number of hydrogen-bond donors (Lipinski definition) is 2. The van der Waals surface area contributed by atoms with Crippen LogP contribution in [-0.4, -0.2) is 18.4 Å². The smallest absolute Gasteiger partial charge is 0.258 e. The molecule has 0 radical (unpaired) electrons. The molecule has 0 aliphatic heterocycles. The molecule has 0 saturated heterocycles. The minimum absolute atomic E-state index is 0.178. The third-order valence-corrected chi connectivity index (χ3v) is 3.48. The van der Waals surface area contributed by atoms with Gasteiger partial charge in [0.05, 0.1) is 0 Å². The molecule has 2 amide bonds. The van der Waals surface area contributed by atoms with Crippen LogP contribution in [0.25, 0.3) is 0 Å². The maximum Gasteiger partial charge on any atom is 0.258 e.